The third-order valence-electron chi connectivity index (χ3n) is 4.57. The van der Waals surface area contributed by atoms with Crippen molar-refractivity contribution in [3.8, 4) is 18.0 Å². The van der Waals surface area contributed by atoms with Gasteiger partial charge in [-0.05, 0) is 31.5 Å². The number of nitrogens with zero attached hydrogens (tertiary/aromatic N) is 3. The van der Waals surface area contributed by atoms with Crippen LogP contribution in [0.25, 0.3) is 5.69 Å². The molecule has 1 aliphatic heterocycles. The number of carbonyl (C=O) groups excluding carboxylic acids is 1. The molecule has 1 fully saturated rings. The second kappa shape index (κ2) is 7.94. The first-order chi connectivity index (χ1) is 12.9. The molecule has 2 heterocycles. The molecule has 0 radical (unpaired) electrons. The maximum atomic E-state index is 12.7. The number of sulfone groups is 1. The van der Waals surface area contributed by atoms with Crippen molar-refractivity contribution in [1.29, 1.82) is 0 Å². The fraction of sp³-hybridized carbons (Fsp3) is 0.368. The first-order valence-corrected chi connectivity index (χ1v) is 10.6. The fourth-order valence-corrected chi connectivity index (χ4v) is 4.17. The van der Waals surface area contributed by atoms with Crippen LogP contribution >= 0.6 is 0 Å². The van der Waals surface area contributed by atoms with Crippen molar-refractivity contribution in [2.45, 2.75) is 30.2 Å². The zero-order valence-electron chi connectivity index (χ0n) is 15.1. The third-order valence-corrected chi connectivity index (χ3v) is 5.72. The van der Waals surface area contributed by atoms with Crippen LogP contribution in [-0.4, -0.2) is 54.4 Å². The summed E-state index contributed by atoms with van der Waals surface area (Å²) in [5.41, 5.74) is 0.946. The predicted octanol–water partition coefficient (Wildman–Crippen LogP) is 1.70. The van der Waals surface area contributed by atoms with Crippen LogP contribution in [0.1, 0.15) is 19.3 Å². The first-order valence-electron chi connectivity index (χ1n) is 8.72. The molecule has 0 bridgehead atoms. The Labute approximate surface area is 159 Å². The van der Waals surface area contributed by atoms with Crippen molar-refractivity contribution >= 4 is 21.4 Å². The van der Waals surface area contributed by atoms with E-state index in [0.717, 1.165) is 32.1 Å². The Balaban J connectivity index is 1.79. The van der Waals surface area contributed by atoms with E-state index in [2.05, 4.69) is 16.3 Å². The number of para-hydroxylation sites is 1. The summed E-state index contributed by atoms with van der Waals surface area (Å²) in [5.74, 6) is 2.48. The topological polar surface area (TPSA) is 84.3 Å². The summed E-state index contributed by atoms with van der Waals surface area (Å²) >= 11 is 0. The molecular formula is C19H22N4O3S. The van der Waals surface area contributed by atoms with E-state index in [9.17, 15) is 13.2 Å². The average molecular weight is 386 g/mol. The summed E-state index contributed by atoms with van der Waals surface area (Å²) in [4.78, 5) is 14.9. The van der Waals surface area contributed by atoms with E-state index in [4.69, 9.17) is 6.42 Å². The number of nitrogens with one attached hydrogen (secondary N) is 1. The molecule has 27 heavy (non-hydrogen) atoms. The van der Waals surface area contributed by atoms with E-state index >= 15 is 0 Å². The fourth-order valence-electron chi connectivity index (χ4n) is 3.30. The van der Waals surface area contributed by atoms with E-state index in [0.29, 0.717) is 17.9 Å². The minimum absolute atomic E-state index is 0.124. The molecule has 0 spiro atoms. The Morgan fingerprint density at radius 2 is 2.15 bits per heavy atom. The molecule has 8 heteroatoms. The van der Waals surface area contributed by atoms with Gasteiger partial charge in [-0.2, -0.15) is 5.10 Å². The van der Waals surface area contributed by atoms with Gasteiger partial charge in [0.1, 0.15) is 0 Å². The Morgan fingerprint density at radius 1 is 1.37 bits per heavy atom. The smallest absolute Gasteiger partial charge is 0.241 e. The van der Waals surface area contributed by atoms with E-state index in [1.807, 2.05) is 4.90 Å². The van der Waals surface area contributed by atoms with Gasteiger partial charge in [0.25, 0.3) is 0 Å². The lowest BCUT2D eigenvalue weighted by Gasteiger charge is -2.32. The lowest BCUT2D eigenvalue weighted by Crippen LogP contribution is -2.47. The average Bonchev–Trinajstić information content (AvgIpc) is 3.10. The summed E-state index contributed by atoms with van der Waals surface area (Å²) < 4.78 is 25.4. The van der Waals surface area contributed by atoms with Crippen LogP contribution in [0.3, 0.4) is 0 Å². The van der Waals surface area contributed by atoms with Gasteiger partial charge in [0, 0.05) is 6.26 Å². The summed E-state index contributed by atoms with van der Waals surface area (Å²) in [6.45, 7) is 1.25. The highest BCUT2D eigenvalue weighted by Crippen LogP contribution is 2.22. The summed E-state index contributed by atoms with van der Waals surface area (Å²) in [5, 5.41) is 7.07. The van der Waals surface area contributed by atoms with E-state index < -0.39 is 9.84 Å². The molecule has 1 aromatic carbocycles. The van der Waals surface area contributed by atoms with Crippen molar-refractivity contribution in [1.82, 2.24) is 14.7 Å². The van der Waals surface area contributed by atoms with E-state index in [1.165, 1.54) is 16.9 Å². The van der Waals surface area contributed by atoms with Crippen LogP contribution in [-0.2, 0) is 14.6 Å². The molecule has 0 saturated carbocycles. The van der Waals surface area contributed by atoms with Gasteiger partial charge in [-0.3, -0.25) is 9.69 Å². The number of rotatable bonds is 5. The van der Waals surface area contributed by atoms with Crippen LogP contribution in [0.2, 0.25) is 0 Å². The normalized spacial score (nSPS) is 18.0. The highest BCUT2D eigenvalue weighted by atomic mass is 32.2. The van der Waals surface area contributed by atoms with Gasteiger partial charge in [-0.15, -0.1) is 6.42 Å². The van der Waals surface area contributed by atoms with Crippen molar-refractivity contribution in [2.75, 3.05) is 24.7 Å². The number of terminal acetylenes is 1. The number of benzene rings is 1. The minimum Gasteiger partial charge on any atom is -0.322 e. The molecule has 7 nitrogen and oxygen atoms in total. The Bertz CT molecular complexity index is 975. The number of hydrogen-bond donors (Lipinski definition) is 1. The van der Waals surface area contributed by atoms with Crippen molar-refractivity contribution < 1.29 is 13.2 Å². The molecular weight excluding hydrogens is 364 g/mol. The molecule has 1 aliphatic rings. The van der Waals surface area contributed by atoms with Gasteiger partial charge < -0.3 is 5.32 Å². The summed E-state index contributed by atoms with van der Waals surface area (Å²) in [6, 6.07) is 6.34. The van der Waals surface area contributed by atoms with Crippen LogP contribution in [0, 0.1) is 12.3 Å². The molecule has 1 N–H and O–H groups in total. The SMILES string of the molecule is C#CCN1CCCC[C@H]1C(=O)Nc1cnn(-c2ccccc2S(C)(=O)=O)c1. The highest BCUT2D eigenvalue weighted by molar-refractivity contribution is 7.90. The Hall–Kier alpha value is -2.63. The zero-order valence-corrected chi connectivity index (χ0v) is 15.9. The Morgan fingerprint density at radius 3 is 2.89 bits per heavy atom. The first kappa shape index (κ1) is 19.1. The second-order valence-corrected chi connectivity index (χ2v) is 8.57. The van der Waals surface area contributed by atoms with Crippen LogP contribution in [0.5, 0.6) is 0 Å². The van der Waals surface area contributed by atoms with Crippen molar-refractivity contribution in [3.63, 3.8) is 0 Å². The van der Waals surface area contributed by atoms with Crippen LogP contribution in [0.4, 0.5) is 5.69 Å². The summed E-state index contributed by atoms with van der Waals surface area (Å²) in [7, 11) is -3.40. The molecule has 142 valence electrons. The number of carbonyl (C=O) groups is 1. The van der Waals surface area contributed by atoms with Gasteiger partial charge in [0.2, 0.25) is 5.91 Å². The number of anilines is 1. The molecule has 0 unspecified atom stereocenters. The molecule has 1 atom stereocenters. The maximum Gasteiger partial charge on any atom is 0.241 e. The highest BCUT2D eigenvalue weighted by Gasteiger charge is 2.28. The summed E-state index contributed by atoms with van der Waals surface area (Å²) in [6.07, 6.45) is 12.5. The molecule has 1 saturated heterocycles. The largest absolute Gasteiger partial charge is 0.322 e. The lowest BCUT2D eigenvalue weighted by molar-refractivity contribution is -0.122. The number of likely N-dealkylation sites (tertiary alicyclic amines) is 1. The van der Waals surface area contributed by atoms with Crippen LogP contribution < -0.4 is 5.32 Å². The standard InChI is InChI=1S/C19H22N4O3S/c1-3-11-22-12-7-6-9-17(22)19(24)21-15-13-20-23(14-15)16-8-4-5-10-18(16)27(2,25)26/h1,4-5,8,10,13-14,17H,6-7,9,11-12H2,2H3,(H,21,24)/t17-/m0/s1. The van der Waals surface area contributed by atoms with Crippen molar-refractivity contribution in [3.05, 3.63) is 36.7 Å². The van der Waals surface area contributed by atoms with Gasteiger partial charge in [0.05, 0.1) is 41.3 Å². The van der Waals surface area contributed by atoms with Gasteiger partial charge in [0.15, 0.2) is 9.84 Å². The number of hydrogen-bond acceptors (Lipinski definition) is 5. The molecule has 0 aliphatic carbocycles. The van der Waals surface area contributed by atoms with Gasteiger partial charge >= 0.3 is 0 Å². The van der Waals surface area contributed by atoms with Gasteiger partial charge in [-0.1, -0.05) is 24.5 Å². The Kier molecular flexibility index (Phi) is 5.63. The second-order valence-electron chi connectivity index (χ2n) is 6.59. The third kappa shape index (κ3) is 4.38. The van der Waals surface area contributed by atoms with E-state index in [-0.39, 0.29) is 16.8 Å². The van der Waals surface area contributed by atoms with E-state index in [1.54, 1.807) is 24.4 Å². The molecule has 2 aromatic rings. The quantitative estimate of drug-likeness (QED) is 0.791. The number of amides is 1. The maximum absolute atomic E-state index is 12.7. The predicted molar refractivity (Wildman–Crippen MR) is 103 cm³/mol. The van der Waals surface area contributed by atoms with Gasteiger partial charge in [-0.25, -0.2) is 13.1 Å². The monoisotopic (exact) mass is 386 g/mol. The molecule has 3 rings (SSSR count). The van der Waals surface area contributed by atoms with Crippen LogP contribution in [0.15, 0.2) is 41.6 Å². The number of aromatic nitrogens is 2. The molecule has 1 aromatic heterocycles. The minimum atomic E-state index is -3.40. The number of piperidine rings is 1. The van der Waals surface area contributed by atoms with Crippen molar-refractivity contribution in [2.24, 2.45) is 0 Å². The molecule has 1 amide bonds. The lowest BCUT2D eigenvalue weighted by atomic mass is 10.0. The zero-order chi connectivity index (χ0) is 19.4.